The summed E-state index contributed by atoms with van der Waals surface area (Å²) in [5.74, 6) is 1.51. The molecular weight excluding hydrogens is 442 g/mol. The van der Waals surface area contributed by atoms with Gasteiger partial charge in [0.15, 0.2) is 0 Å². The summed E-state index contributed by atoms with van der Waals surface area (Å²) in [5.41, 5.74) is 0.356. The maximum Gasteiger partial charge on any atom is 0.255 e. The van der Waals surface area contributed by atoms with Crippen molar-refractivity contribution in [2.45, 2.75) is 109 Å². The summed E-state index contributed by atoms with van der Waals surface area (Å²) in [6.45, 7) is 15.3. The number of carbonyl (C=O) groups excluding carboxylic acids is 1. The van der Waals surface area contributed by atoms with Crippen molar-refractivity contribution in [1.29, 1.82) is 0 Å². The van der Waals surface area contributed by atoms with E-state index in [-0.39, 0.29) is 17.0 Å². The van der Waals surface area contributed by atoms with Crippen LogP contribution in [0.3, 0.4) is 0 Å². The van der Waals surface area contributed by atoms with Crippen LogP contribution in [0.4, 0.5) is 0 Å². The van der Waals surface area contributed by atoms with E-state index < -0.39 is 13.9 Å². The third-order valence-electron chi connectivity index (χ3n) is 8.46. The lowest BCUT2D eigenvalue weighted by molar-refractivity contribution is -0.184. The fraction of sp³-hybridized carbons (Fsp3) is 0.750. The Morgan fingerprint density at radius 1 is 1.12 bits per heavy atom. The second-order valence-corrected chi connectivity index (χ2v) is 16.8. The van der Waals surface area contributed by atoms with Gasteiger partial charge in [0, 0.05) is 13.2 Å². The Bertz CT molecular complexity index is 798. The molecule has 1 heterocycles. The van der Waals surface area contributed by atoms with Crippen LogP contribution in [0.25, 0.3) is 0 Å². The van der Waals surface area contributed by atoms with Gasteiger partial charge in [-0.15, -0.1) is 18.1 Å². The summed E-state index contributed by atoms with van der Waals surface area (Å²) in [6.07, 6.45) is 7.73. The molecule has 2 fully saturated rings. The van der Waals surface area contributed by atoms with Gasteiger partial charge in [-0.1, -0.05) is 52.2 Å². The zero-order valence-corrected chi connectivity index (χ0v) is 23.6. The van der Waals surface area contributed by atoms with Crippen LogP contribution in [0.2, 0.25) is 18.1 Å². The van der Waals surface area contributed by atoms with Crippen LogP contribution in [-0.4, -0.2) is 51.1 Å². The lowest BCUT2D eigenvalue weighted by Gasteiger charge is -2.49. The lowest BCUT2D eigenvalue weighted by Crippen LogP contribution is -2.61. The summed E-state index contributed by atoms with van der Waals surface area (Å²) in [6, 6.07) is 8.26. The number of hydrogen-bond acceptors (Lipinski definition) is 4. The summed E-state index contributed by atoms with van der Waals surface area (Å²) in [5, 5.41) is 0.191. The number of rotatable bonds is 9. The molecule has 5 nitrogen and oxygen atoms in total. The molecule has 34 heavy (non-hydrogen) atoms. The van der Waals surface area contributed by atoms with E-state index in [0.717, 1.165) is 17.7 Å². The minimum absolute atomic E-state index is 0.137. The normalized spacial score (nSPS) is 25.0. The number of nitrogens with zero attached hydrogens (tertiary/aromatic N) is 1. The average Bonchev–Trinajstić information content (AvgIpc) is 2.80. The van der Waals surface area contributed by atoms with E-state index in [1.165, 1.54) is 32.1 Å². The molecule has 0 spiro atoms. The Morgan fingerprint density at radius 2 is 1.76 bits per heavy atom. The molecule has 1 aromatic rings. The molecule has 1 aromatic carbocycles. The van der Waals surface area contributed by atoms with Crippen LogP contribution in [0.15, 0.2) is 24.3 Å². The molecule has 1 amide bonds. The maximum atomic E-state index is 13.9. The molecule has 6 heteroatoms. The highest BCUT2D eigenvalue weighted by atomic mass is 28.4. The number of morpholine rings is 1. The van der Waals surface area contributed by atoms with Gasteiger partial charge < -0.3 is 18.8 Å². The monoisotopic (exact) mass is 489 g/mol. The van der Waals surface area contributed by atoms with E-state index in [1.807, 2.05) is 19.1 Å². The van der Waals surface area contributed by atoms with Gasteiger partial charge in [-0.3, -0.25) is 4.79 Å². The van der Waals surface area contributed by atoms with Crippen molar-refractivity contribution in [3.63, 3.8) is 0 Å². The predicted octanol–water partition coefficient (Wildman–Crippen LogP) is 6.56. The third kappa shape index (κ3) is 6.44. The van der Waals surface area contributed by atoms with Crippen molar-refractivity contribution in [3.05, 3.63) is 29.8 Å². The molecule has 193 valence electrons. The second-order valence-electron chi connectivity index (χ2n) is 12.0. The minimum Gasteiger partial charge on any atom is -0.565 e. The van der Waals surface area contributed by atoms with E-state index in [2.05, 4.69) is 50.9 Å². The minimum atomic E-state index is -1.79. The fourth-order valence-corrected chi connectivity index (χ4v) is 6.12. The van der Waals surface area contributed by atoms with Gasteiger partial charge in [-0.25, -0.2) is 0 Å². The highest BCUT2D eigenvalue weighted by molar-refractivity contribution is 6.74. The molecule has 0 bridgehead atoms. The predicted molar refractivity (Wildman–Crippen MR) is 141 cm³/mol. The molecule has 3 rings (SSSR count). The molecule has 1 saturated carbocycles. The smallest absolute Gasteiger partial charge is 0.255 e. The summed E-state index contributed by atoms with van der Waals surface area (Å²) in [4.78, 5) is 16.1. The van der Waals surface area contributed by atoms with Crippen molar-refractivity contribution < 1.29 is 18.7 Å². The van der Waals surface area contributed by atoms with Crippen LogP contribution in [0.1, 0.15) is 78.2 Å². The number of carbonyl (C=O) groups is 1. The molecule has 2 aliphatic rings. The van der Waals surface area contributed by atoms with Gasteiger partial charge in [0.25, 0.3) is 5.91 Å². The first-order valence-electron chi connectivity index (χ1n) is 13.2. The van der Waals surface area contributed by atoms with Crippen LogP contribution in [0.5, 0.6) is 5.75 Å². The molecular formula is C28H47NO4Si-. The zero-order chi connectivity index (χ0) is 25.0. The Morgan fingerprint density at radius 3 is 2.35 bits per heavy atom. The Labute approximate surface area is 208 Å². The molecule has 0 N–H and O–H groups in total. The summed E-state index contributed by atoms with van der Waals surface area (Å²) >= 11 is 0. The lowest BCUT2D eigenvalue weighted by atomic mass is 9.81. The number of amides is 1. The first kappa shape index (κ1) is 27.2. The van der Waals surface area contributed by atoms with E-state index >= 15 is 0 Å². The number of hydrogen-bond donors (Lipinski definition) is 0. The highest BCUT2D eigenvalue weighted by Crippen LogP contribution is 2.38. The van der Waals surface area contributed by atoms with Crippen molar-refractivity contribution in [3.8, 4) is 5.75 Å². The summed E-state index contributed by atoms with van der Waals surface area (Å²) < 4.78 is 18.1. The molecule has 0 aromatic heterocycles. The van der Waals surface area contributed by atoms with Gasteiger partial charge >= 0.3 is 0 Å². The Hall–Kier alpha value is -1.37. The van der Waals surface area contributed by atoms with Crippen LogP contribution in [-0.2, 0) is 20.5 Å². The van der Waals surface area contributed by atoms with E-state index in [1.54, 1.807) is 7.11 Å². The van der Waals surface area contributed by atoms with E-state index in [9.17, 15) is 4.79 Å². The van der Waals surface area contributed by atoms with Crippen LogP contribution in [0, 0.1) is 5.92 Å². The zero-order valence-electron chi connectivity index (χ0n) is 22.6. The third-order valence-corrected chi connectivity index (χ3v) is 13.0. The molecule has 1 aliphatic carbocycles. The molecule has 0 radical (unpaired) electrons. The first-order valence-corrected chi connectivity index (χ1v) is 16.1. The van der Waals surface area contributed by atoms with Crippen LogP contribution >= 0.6 is 0 Å². The standard InChI is InChI=1S/C28H47NO4Si/c1-27(2,3)34(6,7)33-19-11-18-28(4)26(30)29(20-22-14-16-24(31-5)17-15-22)25(21-32-28)23-12-9-8-10-13-23/h14-17,23,25H,8-13,18-21H2,1-7H3/q-1/t25?,28-/m1/s1. The summed E-state index contributed by atoms with van der Waals surface area (Å²) in [7, 11) is -0.105. The van der Waals surface area contributed by atoms with Gasteiger partial charge in [0.2, 0.25) is 0 Å². The molecule has 1 unspecified atom stereocenters. The SMILES string of the molecule is COc1ccc(CN2C(=O)[C@@](C)(CCCO[Si-](C)(C)C(C)(C)C)OCC2C2CCCCC2)cc1. The number of ether oxygens (including phenoxy) is 2. The molecule has 1 aliphatic heterocycles. The van der Waals surface area contributed by atoms with Crippen molar-refractivity contribution in [2.75, 3.05) is 20.3 Å². The Kier molecular flexibility index (Phi) is 8.91. The molecule has 2 atom stereocenters. The van der Waals surface area contributed by atoms with Crippen molar-refractivity contribution in [2.24, 2.45) is 5.92 Å². The topological polar surface area (TPSA) is 48.0 Å². The van der Waals surface area contributed by atoms with Gasteiger partial charge in [0.1, 0.15) is 11.4 Å². The van der Waals surface area contributed by atoms with Gasteiger partial charge in [-0.05, 0) is 64.5 Å². The maximum absolute atomic E-state index is 13.9. The van der Waals surface area contributed by atoms with E-state index in [0.29, 0.717) is 32.1 Å². The number of methoxy groups -OCH3 is 1. The average molecular weight is 490 g/mol. The molecule has 1 saturated heterocycles. The largest absolute Gasteiger partial charge is 0.565 e. The number of benzene rings is 1. The quantitative estimate of drug-likeness (QED) is 0.291. The van der Waals surface area contributed by atoms with Crippen LogP contribution < -0.4 is 4.74 Å². The van der Waals surface area contributed by atoms with Crippen molar-refractivity contribution >= 4 is 14.2 Å². The Balaban J connectivity index is 1.70. The van der Waals surface area contributed by atoms with Crippen molar-refractivity contribution in [1.82, 2.24) is 4.90 Å². The van der Waals surface area contributed by atoms with Gasteiger partial charge in [-0.2, -0.15) is 0 Å². The van der Waals surface area contributed by atoms with Gasteiger partial charge in [0.05, 0.1) is 19.8 Å². The van der Waals surface area contributed by atoms with E-state index in [4.69, 9.17) is 13.9 Å². The highest BCUT2D eigenvalue weighted by Gasteiger charge is 2.46. The first-order chi connectivity index (χ1) is 16.0. The second kappa shape index (κ2) is 11.1. The fourth-order valence-electron chi connectivity index (χ4n) is 5.03.